The summed E-state index contributed by atoms with van der Waals surface area (Å²) in [5.41, 5.74) is -1.25. The van der Waals surface area contributed by atoms with Crippen molar-refractivity contribution in [3.05, 3.63) is 0 Å². The van der Waals surface area contributed by atoms with E-state index in [0.29, 0.717) is 0 Å². The van der Waals surface area contributed by atoms with Crippen LogP contribution in [-0.2, 0) is 14.3 Å². The Morgan fingerprint density at radius 3 is 1.93 bits per heavy atom. The Hall–Kier alpha value is -0.900. The Morgan fingerprint density at radius 1 is 1.13 bits per heavy atom. The fourth-order valence-electron chi connectivity index (χ4n) is 3.66. The molecule has 4 unspecified atom stereocenters. The van der Waals surface area contributed by atoms with Gasteiger partial charge in [0.25, 0.3) is 0 Å². The van der Waals surface area contributed by atoms with E-state index in [4.69, 9.17) is 4.74 Å². The predicted octanol–water partition coefficient (Wildman–Crippen LogP) is 0.559. The third-order valence-electron chi connectivity index (χ3n) is 4.88. The van der Waals surface area contributed by atoms with Gasteiger partial charge in [0, 0.05) is 7.05 Å². The Kier molecular flexibility index (Phi) is 1.41. The highest BCUT2D eigenvalue weighted by atomic mass is 16.5. The Balaban J connectivity index is 2.22. The molecule has 3 fully saturated rings. The number of hydrogen-bond donors (Lipinski definition) is 0. The van der Waals surface area contributed by atoms with Crippen molar-refractivity contribution in [3.63, 3.8) is 0 Å². The molecule has 4 heteroatoms. The number of likely N-dealkylation sites (tertiary alicyclic amines) is 1. The highest BCUT2D eigenvalue weighted by Gasteiger charge is 2.76. The van der Waals surface area contributed by atoms with Crippen molar-refractivity contribution >= 4 is 11.8 Å². The van der Waals surface area contributed by atoms with Crippen LogP contribution in [0.4, 0.5) is 0 Å². The van der Waals surface area contributed by atoms with Crippen molar-refractivity contribution in [2.75, 3.05) is 7.05 Å². The molecule has 82 valence electrons. The number of amides is 2. The molecule has 4 nitrogen and oxygen atoms in total. The van der Waals surface area contributed by atoms with Crippen molar-refractivity contribution in [2.24, 2.45) is 10.8 Å². The normalized spacial score (nSPS) is 52.9. The number of fused-ring (bicyclic) bond motifs is 5. The van der Waals surface area contributed by atoms with Crippen LogP contribution in [0.25, 0.3) is 0 Å². The van der Waals surface area contributed by atoms with E-state index in [1.165, 1.54) is 4.90 Å². The lowest BCUT2D eigenvalue weighted by Crippen LogP contribution is -2.48. The summed E-state index contributed by atoms with van der Waals surface area (Å²) in [6, 6.07) is 0. The maximum absolute atomic E-state index is 12.1. The number of carbonyl (C=O) groups excluding carboxylic acids is 2. The highest BCUT2D eigenvalue weighted by Crippen LogP contribution is 2.63. The number of carbonyl (C=O) groups is 2. The lowest BCUT2D eigenvalue weighted by Gasteiger charge is -2.36. The standard InChI is InChI=1S/C11H15NO3/c1-10-6-4-5-7(15-6)11(10,2)9(14)12(3)8(10)13/h6-7H,4-5H2,1-3H3. The number of rotatable bonds is 0. The third-order valence-corrected chi connectivity index (χ3v) is 4.88. The van der Waals surface area contributed by atoms with Gasteiger partial charge in [-0.3, -0.25) is 14.5 Å². The SMILES string of the molecule is CN1C(=O)C2(C)C3CCC(O3)C2(C)C1=O. The predicted molar refractivity (Wildman–Crippen MR) is 51.9 cm³/mol. The van der Waals surface area contributed by atoms with Gasteiger partial charge in [-0.2, -0.15) is 0 Å². The summed E-state index contributed by atoms with van der Waals surface area (Å²) in [6.45, 7) is 3.78. The Bertz CT molecular complexity index is 346. The van der Waals surface area contributed by atoms with E-state index in [1.54, 1.807) is 7.05 Å². The topological polar surface area (TPSA) is 46.6 Å². The highest BCUT2D eigenvalue weighted by molar-refractivity contribution is 6.10. The monoisotopic (exact) mass is 209 g/mol. The van der Waals surface area contributed by atoms with E-state index in [-0.39, 0.29) is 24.0 Å². The van der Waals surface area contributed by atoms with Gasteiger partial charge in [-0.05, 0) is 26.7 Å². The minimum Gasteiger partial charge on any atom is -0.373 e. The summed E-state index contributed by atoms with van der Waals surface area (Å²) in [6.07, 6.45) is 1.69. The third kappa shape index (κ3) is 0.670. The molecule has 3 aliphatic heterocycles. The molecule has 0 aromatic heterocycles. The van der Waals surface area contributed by atoms with Gasteiger partial charge in [-0.15, -0.1) is 0 Å². The largest absolute Gasteiger partial charge is 0.373 e. The molecule has 3 aliphatic rings. The molecule has 4 atom stereocenters. The van der Waals surface area contributed by atoms with Crippen LogP contribution in [0.1, 0.15) is 26.7 Å². The molecule has 2 amide bonds. The average Bonchev–Trinajstić information content (AvgIpc) is 2.81. The van der Waals surface area contributed by atoms with Crippen molar-refractivity contribution in [2.45, 2.75) is 38.9 Å². The van der Waals surface area contributed by atoms with E-state index in [2.05, 4.69) is 0 Å². The maximum Gasteiger partial charge on any atom is 0.238 e. The number of nitrogens with zero attached hydrogens (tertiary/aromatic N) is 1. The minimum atomic E-state index is -0.623. The zero-order chi connectivity index (χ0) is 11.0. The number of hydrogen-bond acceptors (Lipinski definition) is 3. The smallest absolute Gasteiger partial charge is 0.238 e. The average molecular weight is 209 g/mol. The molecule has 0 saturated carbocycles. The van der Waals surface area contributed by atoms with E-state index < -0.39 is 10.8 Å². The first-order valence-electron chi connectivity index (χ1n) is 5.42. The van der Waals surface area contributed by atoms with Crippen molar-refractivity contribution in [1.82, 2.24) is 4.90 Å². The molecule has 0 aliphatic carbocycles. The van der Waals surface area contributed by atoms with Crippen LogP contribution in [0.15, 0.2) is 0 Å². The second kappa shape index (κ2) is 2.26. The van der Waals surface area contributed by atoms with E-state index in [9.17, 15) is 9.59 Å². The zero-order valence-electron chi connectivity index (χ0n) is 9.24. The van der Waals surface area contributed by atoms with Gasteiger partial charge < -0.3 is 4.74 Å². The van der Waals surface area contributed by atoms with Gasteiger partial charge in [0.1, 0.15) is 0 Å². The summed E-state index contributed by atoms with van der Waals surface area (Å²) < 4.78 is 5.77. The van der Waals surface area contributed by atoms with E-state index >= 15 is 0 Å². The molecule has 3 rings (SSSR count). The molecule has 0 spiro atoms. The van der Waals surface area contributed by atoms with Gasteiger partial charge in [0.2, 0.25) is 11.8 Å². The number of ether oxygens (including phenoxy) is 1. The van der Waals surface area contributed by atoms with Gasteiger partial charge in [0.05, 0.1) is 23.0 Å². The molecule has 0 radical (unpaired) electrons. The van der Waals surface area contributed by atoms with Crippen molar-refractivity contribution in [1.29, 1.82) is 0 Å². The molecular weight excluding hydrogens is 194 g/mol. The lowest BCUT2D eigenvalue weighted by atomic mass is 9.59. The second-order valence-electron chi connectivity index (χ2n) is 5.26. The lowest BCUT2D eigenvalue weighted by molar-refractivity contribution is -0.143. The zero-order valence-corrected chi connectivity index (χ0v) is 9.24. The van der Waals surface area contributed by atoms with Crippen molar-refractivity contribution in [3.8, 4) is 0 Å². The fourth-order valence-corrected chi connectivity index (χ4v) is 3.66. The summed E-state index contributed by atoms with van der Waals surface area (Å²) in [7, 11) is 1.58. The van der Waals surface area contributed by atoms with E-state index in [1.807, 2.05) is 13.8 Å². The summed E-state index contributed by atoms with van der Waals surface area (Å²) in [4.78, 5) is 25.6. The fraction of sp³-hybridized carbons (Fsp3) is 0.818. The van der Waals surface area contributed by atoms with Gasteiger partial charge in [0.15, 0.2) is 0 Å². The molecule has 15 heavy (non-hydrogen) atoms. The molecule has 3 heterocycles. The Morgan fingerprint density at radius 2 is 1.53 bits per heavy atom. The van der Waals surface area contributed by atoms with Crippen LogP contribution in [0, 0.1) is 10.8 Å². The first kappa shape index (κ1) is 9.33. The molecule has 0 aromatic carbocycles. The minimum absolute atomic E-state index is 0.0612. The summed E-state index contributed by atoms with van der Waals surface area (Å²) in [5, 5.41) is 0. The first-order valence-corrected chi connectivity index (χ1v) is 5.42. The Labute approximate surface area is 88.6 Å². The van der Waals surface area contributed by atoms with Crippen molar-refractivity contribution < 1.29 is 14.3 Å². The summed E-state index contributed by atoms with van der Waals surface area (Å²) >= 11 is 0. The van der Waals surface area contributed by atoms with Crippen LogP contribution in [0.3, 0.4) is 0 Å². The van der Waals surface area contributed by atoms with Gasteiger partial charge >= 0.3 is 0 Å². The van der Waals surface area contributed by atoms with Gasteiger partial charge in [-0.1, -0.05) is 0 Å². The molecule has 2 bridgehead atoms. The molecule has 3 saturated heterocycles. The first-order chi connectivity index (χ1) is 6.94. The molecular formula is C11H15NO3. The molecule has 0 aromatic rings. The van der Waals surface area contributed by atoms with Crippen LogP contribution in [-0.4, -0.2) is 36.0 Å². The summed E-state index contributed by atoms with van der Waals surface area (Å²) in [5.74, 6) is -0.135. The van der Waals surface area contributed by atoms with Crippen LogP contribution in [0.2, 0.25) is 0 Å². The van der Waals surface area contributed by atoms with E-state index in [0.717, 1.165) is 12.8 Å². The number of imide groups is 1. The maximum atomic E-state index is 12.1. The van der Waals surface area contributed by atoms with Crippen LogP contribution >= 0.6 is 0 Å². The van der Waals surface area contributed by atoms with Gasteiger partial charge in [-0.25, -0.2) is 0 Å². The molecule has 0 N–H and O–H groups in total. The van der Waals surface area contributed by atoms with Crippen LogP contribution < -0.4 is 0 Å². The van der Waals surface area contributed by atoms with Crippen LogP contribution in [0.5, 0.6) is 0 Å². The second-order valence-corrected chi connectivity index (χ2v) is 5.26. The quantitative estimate of drug-likeness (QED) is 0.548.